The Morgan fingerprint density at radius 2 is 1.27 bits per heavy atom. The summed E-state index contributed by atoms with van der Waals surface area (Å²) >= 11 is 0. The molecule has 2 aromatic heterocycles. The molecule has 0 aliphatic carbocycles. The van der Waals surface area contributed by atoms with Crippen LogP contribution in [0.4, 0.5) is 9.59 Å². The molecule has 44 heavy (non-hydrogen) atoms. The molecule has 5 rings (SSSR count). The highest BCUT2D eigenvalue weighted by Gasteiger charge is 2.39. The number of imidazole rings is 2. The van der Waals surface area contributed by atoms with Crippen molar-refractivity contribution in [3.05, 3.63) is 59.6 Å². The number of carbonyl (C=O) groups is 2. The van der Waals surface area contributed by atoms with Crippen molar-refractivity contribution in [1.82, 2.24) is 29.7 Å². The van der Waals surface area contributed by atoms with Crippen molar-refractivity contribution in [2.45, 2.75) is 91.5 Å². The lowest BCUT2D eigenvalue weighted by Gasteiger charge is -2.27. The Morgan fingerprint density at radius 1 is 0.773 bits per heavy atom. The quantitative estimate of drug-likeness (QED) is 0.318. The monoisotopic (exact) mass is 600 g/mol. The third kappa shape index (κ3) is 7.44. The van der Waals surface area contributed by atoms with E-state index in [1.165, 1.54) is 0 Å². The summed E-state index contributed by atoms with van der Waals surface area (Å²) in [6, 6.07) is 7.61. The van der Waals surface area contributed by atoms with E-state index in [4.69, 9.17) is 9.47 Å². The Morgan fingerprint density at radius 3 is 1.80 bits per heavy atom. The van der Waals surface area contributed by atoms with Gasteiger partial charge in [-0.1, -0.05) is 31.9 Å². The highest BCUT2D eigenvalue weighted by molar-refractivity contribution is 5.70. The van der Waals surface area contributed by atoms with Crippen molar-refractivity contribution < 1.29 is 19.1 Å². The van der Waals surface area contributed by atoms with Crippen LogP contribution in [0.3, 0.4) is 0 Å². The number of nitrogens with one attached hydrogen (secondary N) is 2. The van der Waals surface area contributed by atoms with E-state index in [-0.39, 0.29) is 24.3 Å². The Kier molecular flexibility index (Phi) is 8.52. The smallest absolute Gasteiger partial charge is 0.410 e. The predicted molar refractivity (Wildman–Crippen MR) is 168 cm³/mol. The van der Waals surface area contributed by atoms with E-state index in [1.54, 1.807) is 16.0 Å². The molecule has 4 atom stereocenters. The fourth-order valence-electron chi connectivity index (χ4n) is 5.75. The fourth-order valence-corrected chi connectivity index (χ4v) is 5.75. The molecular formula is C34H44N6O4. The molecule has 3 aromatic rings. The van der Waals surface area contributed by atoms with Crippen LogP contribution in [-0.4, -0.2) is 66.2 Å². The van der Waals surface area contributed by atoms with Gasteiger partial charge in [0.15, 0.2) is 0 Å². The van der Waals surface area contributed by atoms with Crippen molar-refractivity contribution in [3.63, 3.8) is 0 Å². The van der Waals surface area contributed by atoms with Crippen LogP contribution in [0.2, 0.25) is 0 Å². The van der Waals surface area contributed by atoms with E-state index in [2.05, 4.69) is 45.6 Å². The first kappa shape index (κ1) is 31.2. The average Bonchev–Trinajstić information content (AvgIpc) is 3.71. The Hall–Kier alpha value is -4.26. The molecule has 0 spiro atoms. The SMILES string of the molecule is C[C@H]1C[C@@H](c2ncc(C#Cc3ccc(-c4cnc([C@@H]5C[C@H](C)CN5C(=O)OC(C)(C)C)[nH]4)cc3)[nH]2)N(C(=O)OC(C)(C)C)C1. The standard InChI is InChI=1S/C34H44N6O4/c1-21-15-27(39(19-21)31(41)43-33(3,4)5)29-35-17-25(37-29)14-11-23-9-12-24(13-10-23)26-18-36-30(38-26)28-16-22(2)20-40(28)32(42)44-34(6,7)8/h9-10,12-13,17-18,21-22,27-28H,15-16,19-20H2,1-8H3,(H,35,37)(H,36,38)/t21-,22-,27-,28-/m0/s1. The summed E-state index contributed by atoms with van der Waals surface area (Å²) in [6.45, 7) is 16.8. The van der Waals surface area contributed by atoms with Gasteiger partial charge in [-0.05, 0) is 89.8 Å². The number of hydrogen-bond acceptors (Lipinski definition) is 6. The number of rotatable bonds is 3. The summed E-state index contributed by atoms with van der Waals surface area (Å²) in [7, 11) is 0. The van der Waals surface area contributed by atoms with Crippen molar-refractivity contribution in [2.24, 2.45) is 11.8 Å². The minimum absolute atomic E-state index is 0.151. The van der Waals surface area contributed by atoms with Crippen LogP contribution in [0.5, 0.6) is 0 Å². The molecule has 234 valence electrons. The zero-order chi connectivity index (χ0) is 31.8. The minimum atomic E-state index is -0.555. The van der Waals surface area contributed by atoms with Crippen LogP contribution in [0.1, 0.15) is 103 Å². The van der Waals surface area contributed by atoms with Crippen LogP contribution in [0.25, 0.3) is 11.3 Å². The molecule has 0 radical (unpaired) electrons. The first-order valence-corrected chi connectivity index (χ1v) is 15.4. The highest BCUT2D eigenvalue weighted by Crippen LogP contribution is 2.36. The molecular weight excluding hydrogens is 556 g/mol. The molecule has 10 heteroatoms. The first-order chi connectivity index (χ1) is 20.6. The van der Waals surface area contributed by atoms with Gasteiger partial charge in [0.1, 0.15) is 28.5 Å². The van der Waals surface area contributed by atoms with Gasteiger partial charge in [0, 0.05) is 18.7 Å². The van der Waals surface area contributed by atoms with Gasteiger partial charge < -0.3 is 19.4 Å². The van der Waals surface area contributed by atoms with Crippen LogP contribution in [-0.2, 0) is 9.47 Å². The number of benzene rings is 1. The molecule has 2 fully saturated rings. The zero-order valence-corrected chi connectivity index (χ0v) is 27.0. The summed E-state index contributed by atoms with van der Waals surface area (Å²) in [5.41, 5.74) is 2.29. The molecule has 0 saturated carbocycles. The van der Waals surface area contributed by atoms with Gasteiger partial charge in [-0.2, -0.15) is 0 Å². The molecule has 2 aliphatic heterocycles. The Bertz CT molecular complexity index is 1550. The maximum Gasteiger partial charge on any atom is 0.410 e. The Labute approximate surface area is 259 Å². The second kappa shape index (κ2) is 12.0. The van der Waals surface area contributed by atoms with Gasteiger partial charge in [-0.25, -0.2) is 19.6 Å². The number of nitrogens with zero attached hydrogens (tertiary/aromatic N) is 4. The van der Waals surface area contributed by atoms with Gasteiger partial charge in [-0.3, -0.25) is 9.80 Å². The number of likely N-dealkylation sites (tertiary alicyclic amines) is 2. The Balaban J connectivity index is 1.25. The maximum atomic E-state index is 12.9. The average molecular weight is 601 g/mol. The number of amides is 2. The fraction of sp³-hybridized carbons (Fsp3) is 0.529. The van der Waals surface area contributed by atoms with Crippen molar-refractivity contribution in [1.29, 1.82) is 0 Å². The lowest BCUT2D eigenvalue weighted by atomic mass is 10.1. The summed E-state index contributed by atoms with van der Waals surface area (Å²) in [4.78, 5) is 45.1. The number of hydrogen-bond donors (Lipinski definition) is 2. The van der Waals surface area contributed by atoms with Crippen molar-refractivity contribution >= 4 is 12.2 Å². The number of H-pyrrole nitrogens is 2. The molecule has 2 amide bonds. The number of ether oxygens (including phenoxy) is 2. The van der Waals surface area contributed by atoms with Crippen molar-refractivity contribution in [3.8, 4) is 23.1 Å². The van der Waals surface area contributed by atoms with E-state index in [9.17, 15) is 9.59 Å². The largest absolute Gasteiger partial charge is 0.444 e. The molecule has 4 heterocycles. The van der Waals surface area contributed by atoms with E-state index in [1.807, 2.05) is 72.0 Å². The van der Waals surface area contributed by atoms with E-state index >= 15 is 0 Å². The predicted octanol–water partition coefficient (Wildman–Crippen LogP) is 6.84. The zero-order valence-electron chi connectivity index (χ0n) is 27.0. The van der Waals surface area contributed by atoms with Crippen LogP contribution < -0.4 is 0 Å². The normalized spacial score (nSPS) is 22.1. The molecule has 0 bridgehead atoms. The summed E-state index contributed by atoms with van der Waals surface area (Å²) in [5, 5.41) is 0. The summed E-state index contributed by atoms with van der Waals surface area (Å²) < 4.78 is 11.3. The van der Waals surface area contributed by atoms with Gasteiger partial charge >= 0.3 is 12.2 Å². The van der Waals surface area contributed by atoms with E-state index < -0.39 is 11.2 Å². The van der Waals surface area contributed by atoms with Gasteiger partial charge in [0.25, 0.3) is 0 Å². The molecule has 2 aliphatic rings. The van der Waals surface area contributed by atoms with Crippen molar-refractivity contribution in [2.75, 3.05) is 13.1 Å². The van der Waals surface area contributed by atoms with Gasteiger partial charge in [0.2, 0.25) is 0 Å². The number of aromatic nitrogens is 4. The number of carbonyl (C=O) groups excluding carboxylic acids is 2. The van der Waals surface area contributed by atoms with E-state index in [0.717, 1.165) is 41.3 Å². The molecule has 2 saturated heterocycles. The van der Waals surface area contributed by atoms with Gasteiger partial charge in [0.05, 0.1) is 30.2 Å². The summed E-state index contributed by atoms with van der Waals surface area (Å²) in [5.74, 6) is 8.55. The second-order valence-electron chi connectivity index (χ2n) is 14.2. The maximum absolute atomic E-state index is 12.9. The lowest BCUT2D eigenvalue weighted by molar-refractivity contribution is 0.0204. The van der Waals surface area contributed by atoms with Crippen LogP contribution in [0, 0.1) is 23.7 Å². The van der Waals surface area contributed by atoms with Crippen LogP contribution in [0.15, 0.2) is 36.7 Å². The molecule has 10 nitrogen and oxygen atoms in total. The topological polar surface area (TPSA) is 116 Å². The first-order valence-electron chi connectivity index (χ1n) is 15.4. The minimum Gasteiger partial charge on any atom is -0.444 e. The third-order valence-electron chi connectivity index (χ3n) is 7.64. The molecule has 2 N–H and O–H groups in total. The van der Waals surface area contributed by atoms with E-state index in [0.29, 0.717) is 30.6 Å². The lowest BCUT2D eigenvalue weighted by Crippen LogP contribution is -2.37. The van der Waals surface area contributed by atoms with Crippen LogP contribution >= 0.6 is 0 Å². The highest BCUT2D eigenvalue weighted by atomic mass is 16.6. The molecule has 0 unspecified atom stereocenters. The third-order valence-corrected chi connectivity index (χ3v) is 7.64. The second-order valence-corrected chi connectivity index (χ2v) is 14.2. The number of aromatic amines is 2. The summed E-state index contributed by atoms with van der Waals surface area (Å²) in [6.07, 6.45) is 4.53. The van der Waals surface area contributed by atoms with Gasteiger partial charge in [-0.15, -0.1) is 0 Å². The molecule has 1 aromatic carbocycles.